The van der Waals surface area contributed by atoms with Gasteiger partial charge in [-0.1, -0.05) is 32.3 Å². The molecule has 1 aromatic heterocycles. The van der Waals surface area contributed by atoms with Crippen LogP contribution >= 0.6 is 0 Å². The zero-order valence-electron chi connectivity index (χ0n) is 15.8. The number of hydrogen-bond acceptors (Lipinski definition) is 5. The monoisotopic (exact) mass is 371 g/mol. The highest BCUT2D eigenvalue weighted by molar-refractivity contribution is 5.97. The Balaban J connectivity index is 1.63. The fourth-order valence-corrected chi connectivity index (χ4v) is 2.95. The molecular weight excluding hydrogens is 346 g/mol. The third-order valence-corrected chi connectivity index (χ3v) is 4.45. The number of nitrogens with zero attached hydrogens (tertiary/aromatic N) is 2. The zero-order valence-corrected chi connectivity index (χ0v) is 15.8. The maximum atomic E-state index is 12.3. The number of ether oxygens (including phenoxy) is 1. The molecule has 144 valence electrons. The van der Waals surface area contributed by atoms with Crippen LogP contribution in [0.4, 0.5) is 5.69 Å². The molecule has 1 aromatic carbocycles. The molecule has 1 aliphatic rings. The van der Waals surface area contributed by atoms with Crippen molar-refractivity contribution in [2.45, 2.75) is 46.1 Å². The Bertz CT molecular complexity index is 815. The summed E-state index contributed by atoms with van der Waals surface area (Å²) >= 11 is 0. The fourth-order valence-electron chi connectivity index (χ4n) is 2.95. The van der Waals surface area contributed by atoms with Gasteiger partial charge in [-0.05, 0) is 31.0 Å². The predicted molar refractivity (Wildman–Crippen MR) is 101 cm³/mol. The summed E-state index contributed by atoms with van der Waals surface area (Å²) in [7, 11) is 0. The van der Waals surface area contributed by atoms with Gasteiger partial charge >= 0.3 is 0 Å². The first-order chi connectivity index (χ1) is 13.1. The van der Waals surface area contributed by atoms with Gasteiger partial charge in [0.1, 0.15) is 18.6 Å². The first-order valence-electron chi connectivity index (χ1n) is 9.35. The number of fused-ring (bicyclic) bond motifs is 1. The van der Waals surface area contributed by atoms with Crippen LogP contribution in [0.25, 0.3) is 0 Å². The Labute approximate surface area is 158 Å². The van der Waals surface area contributed by atoms with Crippen LogP contribution in [0.2, 0.25) is 0 Å². The third kappa shape index (κ3) is 4.67. The molecule has 2 heterocycles. The van der Waals surface area contributed by atoms with Gasteiger partial charge in [0.15, 0.2) is 12.3 Å². The minimum Gasteiger partial charge on any atom is -0.482 e. The summed E-state index contributed by atoms with van der Waals surface area (Å²) in [6.45, 7) is 4.85. The molecule has 0 atom stereocenters. The van der Waals surface area contributed by atoms with E-state index >= 15 is 0 Å². The van der Waals surface area contributed by atoms with E-state index in [4.69, 9.17) is 9.15 Å². The standard InChI is InChI=1S/C20H25N3O4/c1-3-4-5-6-9-21-20(25)15-12-27-18(22-15)11-23-16-10-14(2)7-8-17(16)26-13-19(23)24/h7-8,10,12H,3-6,9,11,13H2,1-2H3,(H,21,25). The van der Waals surface area contributed by atoms with Crippen molar-refractivity contribution in [1.82, 2.24) is 10.3 Å². The summed E-state index contributed by atoms with van der Waals surface area (Å²) < 4.78 is 10.9. The van der Waals surface area contributed by atoms with Crippen molar-refractivity contribution in [3.8, 4) is 5.75 Å². The van der Waals surface area contributed by atoms with Gasteiger partial charge in [0, 0.05) is 6.54 Å². The number of hydrogen-bond donors (Lipinski definition) is 1. The van der Waals surface area contributed by atoms with Gasteiger partial charge in [0.2, 0.25) is 5.89 Å². The number of benzene rings is 1. The number of carbonyl (C=O) groups is 2. The van der Waals surface area contributed by atoms with Crippen LogP contribution < -0.4 is 15.0 Å². The van der Waals surface area contributed by atoms with E-state index in [0.717, 1.165) is 24.8 Å². The molecule has 2 amide bonds. The van der Waals surface area contributed by atoms with Gasteiger partial charge in [-0.3, -0.25) is 14.5 Å². The van der Waals surface area contributed by atoms with E-state index in [9.17, 15) is 9.59 Å². The molecule has 0 aliphatic carbocycles. The van der Waals surface area contributed by atoms with Crippen LogP contribution in [0.5, 0.6) is 5.75 Å². The van der Waals surface area contributed by atoms with Crippen LogP contribution in [-0.4, -0.2) is 29.9 Å². The largest absolute Gasteiger partial charge is 0.482 e. The molecule has 7 heteroatoms. The van der Waals surface area contributed by atoms with Crippen molar-refractivity contribution in [3.63, 3.8) is 0 Å². The molecule has 1 N–H and O–H groups in total. The van der Waals surface area contributed by atoms with E-state index in [1.165, 1.54) is 12.7 Å². The second kappa shape index (κ2) is 8.70. The normalized spacial score (nSPS) is 13.3. The van der Waals surface area contributed by atoms with Crippen LogP contribution in [-0.2, 0) is 11.3 Å². The summed E-state index contributed by atoms with van der Waals surface area (Å²) in [4.78, 5) is 30.3. The topological polar surface area (TPSA) is 84.7 Å². The van der Waals surface area contributed by atoms with Gasteiger partial charge < -0.3 is 14.5 Å². The van der Waals surface area contributed by atoms with E-state index in [-0.39, 0.29) is 30.7 Å². The van der Waals surface area contributed by atoms with Gasteiger partial charge in [0.25, 0.3) is 11.8 Å². The third-order valence-electron chi connectivity index (χ3n) is 4.45. The molecule has 0 saturated heterocycles. The van der Waals surface area contributed by atoms with Crippen molar-refractivity contribution < 1.29 is 18.7 Å². The van der Waals surface area contributed by atoms with Crippen molar-refractivity contribution >= 4 is 17.5 Å². The Kier molecular flexibility index (Phi) is 6.11. The lowest BCUT2D eigenvalue weighted by atomic mass is 10.1. The molecule has 7 nitrogen and oxygen atoms in total. The molecule has 0 fully saturated rings. The van der Waals surface area contributed by atoms with E-state index in [0.29, 0.717) is 23.9 Å². The number of amides is 2. The lowest BCUT2D eigenvalue weighted by molar-refractivity contribution is -0.121. The molecule has 0 bridgehead atoms. The molecule has 3 rings (SSSR count). The Morgan fingerprint density at radius 3 is 2.96 bits per heavy atom. The Morgan fingerprint density at radius 2 is 2.15 bits per heavy atom. The van der Waals surface area contributed by atoms with E-state index in [1.54, 1.807) is 4.90 Å². The summed E-state index contributed by atoms with van der Waals surface area (Å²) in [6, 6.07) is 5.66. The van der Waals surface area contributed by atoms with Gasteiger partial charge in [-0.15, -0.1) is 0 Å². The summed E-state index contributed by atoms with van der Waals surface area (Å²) in [5, 5.41) is 2.84. The Morgan fingerprint density at radius 1 is 1.30 bits per heavy atom. The van der Waals surface area contributed by atoms with Gasteiger partial charge in [-0.25, -0.2) is 4.98 Å². The molecule has 1 aliphatic heterocycles. The number of unbranched alkanes of at least 4 members (excludes halogenated alkanes) is 3. The van der Waals surface area contributed by atoms with Crippen molar-refractivity contribution in [2.75, 3.05) is 18.1 Å². The minimum atomic E-state index is -0.258. The number of anilines is 1. The number of oxazole rings is 1. The quantitative estimate of drug-likeness (QED) is 0.720. The highest BCUT2D eigenvalue weighted by Crippen LogP contribution is 2.33. The van der Waals surface area contributed by atoms with Gasteiger partial charge in [-0.2, -0.15) is 0 Å². The van der Waals surface area contributed by atoms with Crippen molar-refractivity contribution in [3.05, 3.63) is 41.6 Å². The average molecular weight is 371 g/mol. The maximum Gasteiger partial charge on any atom is 0.273 e. The second-order valence-electron chi connectivity index (χ2n) is 6.68. The van der Waals surface area contributed by atoms with Crippen molar-refractivity contribution in [1.29, 1.82) is 0 Å². The molecule has 27 heavy (non-hydrogen) atoms. The van der Waals surface area contributed by atoms with Crippen molar-refractivity contribution in [2.24, 2.45) is 0 Å². The zero-order chi connectivity index (χ0) is 19.2. The molecule has 0 radical (unpaired) electrons. The first kappa shape index (κ1) is 18.9. The van der Waals surface area contributed by atoms with Crippen LogP contribution in [0.1, 0.15) is 54.5 Å². The number of aromatic nitrogens is 1. The number of aryl methyl sites for hydroxylation is 1. The highest BCUT2D eigenvalue weighted by atomic mass is 16.5. The van der Waals surface area contributed by atoms with E-state index < -0.39 is 0 Å². The average Bonchev–Trinajstić information content (AvgIpc) is 3.13. The number of carbonyl (C=O) groups excluding carboxylic acids is 2. The predicted octanol–water partition coefficient (Wildman–Crippen LogP) is 3.22. The van der Waals surface area contributed by atoms with Gasteiger partial charge in [0.05, 0.1) is 5.69 Å². The Hall–Kier alpha value is -2.83. The fraction of sp³-hybridized carbons (Fsp3) is 0.450. The van der Waals surface area contributed by atoms with Crippen LogP contribution in [0.3, 0.4) is 0 Å². The molecule has 0 spiro atoms. The summed E-state index contributed by atoms with van der Waals surface area (Å²) in [5.41, 5.74) is 1.93. The smallest absolute Gasteiger partial charge is 0.273 e. The van der Waals surface area contributed by atoms with Crippen LogP contribution in [0, 0.1) is 6.92 Å². The lowest BCUT2D eigenvalue weighted by Crippen LogP contribution is -2.38. The van der Waals surface area contributed by atoms with E-state index in [2.05, 4.69) is 17.2 Å². The summed E-state index contributed by atoms with van der Waals surface area (Å²) in [5.74, 6) is 0.532. The van der Waals surface area contributed by atoms with E-state index in [1.807, 2.05) is 25.1 Å². The molecular formula is C20H25N3O4. The first-order valence-corrected chi connectivity index (χ1v) is 9.35. The maximum absolute atomic E-state index is 12.3. The number of nitrogens with one attached hydrogen (secondary N) is 1. The highest BCUT2D eigenvalue weighted by Gasteiger charge is 2.27. The van der Waals surface area contributed by atoms with Crippen LogP contribution in [0.15, 0.2) is 28.9 Å². The molecule has 2 aromatic rings. The SMILES string of the molecule is CCCCCCNC(=O)c1coc(CN2C(=O)COc3ccc(C)cc32)n1. The molecule has 0 saturated carbocycles. The second-order valence-corrected chi connectivity index (χ2v) is 6.68. The molecule has 0 unspecified atom stereocenters. The summed E-state index contributed by atoms with van der Waals surface area (Å²) in [6.07, 6.45) is 5.70. The number of rotatable bonds is 8. The lowest BCUT2D eigenvalue weighted by Gasteiger charge is -2.28. The minimum absolute atomic E-state index is 0.0259.